The quantitative estimate of drug-likeness (QED) is 0.309. The van der Waals surface area contributed by atoms with Crippen molar-refractivity contribution in [3.8, 4) is 0 Å². The van der Waals surface area contributed by atoms with Crippen LogP contribution in [-0.2, 0) is 14.3 Å². The number of carbonyl (C=O) groups excluding carboxylic acids is 2. The van der Waals surface area contributed by atoms with E-state index in [0.29, 0.717) is 35.4 Å². The van der Waals surface area contributed by atoms with Crippen molar-refractivity contribution in [2.24, 2.45) is 40.4 Å². The summed E-state index contributed by atoms with van der Waals surface area (Å²) < 4.78 is 6.56. The molecule has 0 aromatic heterocycles. The minimum Gasteiger partial charge on any atom is -0.461 e. The average molecular weight is 467 g/mol. The van der Waals surface area contributed by atoms with Gasteiger partial charge in [-0.3, -0.25) is 9.59 Å². The molecule has 3 heteroatoms. The van der Waals surface area contributed by atoms with Crippen molar-refractivity contribution in [1.29, 1.82) is 0 Å². The summed E-state index contributed by atoms with van der Waals surface area (Å²) >= 11 is 0. The molecule has 5 rings (SSSR count). The zero-order valence-corrected chi connectivity index (χ0v) is 22.0. The Morgan fingerprint density at radius 2 is 1.91 bits per heavy atom. The molecule has 0 saturated heterocycles. The summed E-state index contributed by atoms with van der Waals surface area (Å²) in [4.78, 5) is 25.9. The van der Waals surface area contributed by atoms with Crippen molar-refractivity contribution in [1.82, 2.24) is 0 Å². The molecule has 0 aromatic rings. The Morgan fingerprint density at radius 3 is 2.65 bits per heavy atom. The molecule has 5 aliphatic carbocycles. The number of carbonyl (C=O) groups is 2. The van der Waals surface area contributed by atoms with Gasteiger partial charge in [0.05, 0.1) is 5.41 Å². The average Bonchev–Trinajstić information content (AvgIpc) is 3.13. The largest absolute Gasteiger partial charge is 0.461 e. The Hall–Kier alpha value is -1.38. The molecule has 0 aliphatic heterocycles. The third-order valence-electron chi connectivity index (χ3n) is 10.8. The molecule has 34 heavy (non-hydrogen) atoms. The van der Waals surface area contributed by atoms with Crippen molar-refractivity contribution in [3.63, 3.8) is 0 Å². The van der Waals surface area contributed by atoms with Crippen LogP contribution >= 0.6 is 0 Å². The SMILES string of the molecule is CCCCC1(C(=O)O[C@H]2CC=C3[C@H]4[C@H]([C@@H](C)C[C@@]32C)[C@H]2CCC(=O)C=C2C[C@H]4C)CCCCC1. The van der Waals surface area contributed by atoms with E-state index in [9.17, 15) is 9.59 Å². The second-order valence-corrected chi connectivity index (χ2v) is 12.9. The predicted molar refractivity (Wildman–Crippen MR) is 136 cm³/mol. The van der Waals surface area contributed by atoms with E-state index in [0.717, 1.165) is 64.2 Å². The molecule has 0 aromatic carbocycles. The lowest BCUT2D eigenvalue weighted by molar-refractivity contribution is -0.171. The van der Waals surface area contributed by atoms with Gasteiger partial charge in [0.15, 0.2) is 5.78 Å². The summed E-state index contributed by atoms with van der Waals surface area (Å²) in [6, 6.07) is 0. The Labute approximate surface area is 207 Å². The van der Waals surface area contributed by atoms with E-state index < -0.39 is 0 Å². The molecule has 0 amide bonds. The molecular formula is C31H46O3. The van der Waals surface area contributed by atoms with Crippen molar-refractivity contribution < 1.29 is 14.3 Å². The van der Waals surface area contributed by atoms with Gasteiger partial charge in [-0.15, -0.1) is 0 Å². The molecule has 3 saturated carbocycles. The van der Waals surface area contributed by atoms with Crippen LogP contribution in [0.1, 0.15) is 111 Å². The normalized spacial score (nSPS) is 41.0. The van der Waals surface area contributed by atoms with Crippen LogP contribution in [0.5, 0.6) is 0 Å². The summed E-state index contributed by atoms with van der Waals surface area (Å²) in [6.07, 6.45) is 18.2. The first-order valence-corrected chi connectivity index (χ1v) is 14.4. The molecule has 7 atom stereocenters. The van der Waals surface area contributed by atoms with Gasteiger partial charge in [0.25, 0.3) is 0 Å². The Bertz CT molecular complexity index is 875. The third-order valence-corrected chi connectivity index (χ3v) is 10.8. The van der Waals surface area contributed by atoms with E-state index in [1.807, 2.05) is 6.08 Å². The van der Waals surface area contributed by atoms with Gasteiger partial charge in [-0.25, -0.2) is 0 Å². The minimum absolute atomic E-state index is 0.00380. The van der Waals surface area contributed by atoms with Crippen molar-refractivity contribution in [2.45, 2.75) is 117 Å². The van der Waals surface area contributed by atoms with Gasteiger partial charge < -0.3 is 4.74 Å². The lowest BCUT2D eigenvalue weighted by Crippen LogP contribution is -2.51. The van der Waals surface area contributed by atoms with E-state index in [1.165, 1.54) is 24.8 Å². The summed E-state index contributed by atoms with van der Waals surface area (Å²) in [6.45, 7) is 9.46. The third kappa shape index (κ3) is 3.94. The molecule has 0 heterocycles. The molecule has 3 fully saturated rings. The fraction of sp³-hybridized carbons (Fsp3) is 0.806. The molecule has 3 nitrogen and oxygen atoms in total. The number of unbranched alkanes of at least 4 members (excludes halogenated alkanes) is 1. The first kappa shape index (κ1) is 24.3. The second-order valence-electron chi connectivity index (χ2n) is 12.9. The van der Waals surface area contributed by atoms with Gasteiger partial charge in [-0.05, 0) is 74.2 Å². The van der Waals surface area contributed by atoms with Crippen molar-refractivity contribution in [3.05, 3.63) is 23.3 Å². The molecule has 0 spiro atoms. The lowest BCUT2D eigenvalue weighted by Gasteiger charge is -2.56. The Balaban J connectivity index is 1.37. The van der Waals surface area contributed by atoms with E-state index >= 15 is 0 Å². The van der Waals surface area contributed by atoms with E-state index in [4.69, 9.17) is 4.74 Å². The molecule has 0 N–H and O–H groups in total. The summed E-state index contributed by atoms with van der Waals surface area (Å²) in [5.41, 5.74) is 2.75. The van der Waals surface area contributed by atoms with Crippen LogP contribution in [0.2, 0.25) is 0 Å². The van der Waals surface area contributed by atoms with Gasteiger partial charge in [-0.2, -0.15) is 0 Å². The van der Waals surface area contributed by atoms with Crippen LogP contribution in [0.25, 0.3) is 0 Å². The second kappa shape index (κ2) is 9.25. The van der Waals surface area contributed by atoms with Gasteiger partial charge in [0, 0.05) is 18.3 Å². The highest BCUT2D eigenvalue weighted by molar-refractivity contribution is 5.91. The number of ether oxygens (including phenoxy) is 1. The number of allylic oxidation sites excluding steroid dienone is 2. The van der Waals surface area contributed by atoms with Crippen LogP contribution in [0.4, 0.5) is 0 Å². The van der Waals surface area contributed by atoms with Crippen LogP contribution in [-0.4, -0.2) is 17.9 Å². The highest BCUT2D eigenvalue weighted by atomic mass is 16.5. The number of esters is 1. The molecule has 188 valence electrons. The first-order valence-electron chi connectivity index (χ1n) is 14.4. The molecule has 0 unspecified atom stereocenters. The fourth-order valence-electron chi connectivity index (χ4n) is 9.13. The smallest absolute Gasteiger partial charge is 0.312 e. The number of fused-ring (bicyclic) bond motifs is 5. The van der Waals surface area contributed by atoms with Crippen LogP contribution in [0, 0.1) is 40.4 Å². The molecule has 5 aliphatic rings. The molecule has 0 bridgehead atoms. The highest BCUT2D eigenvalue weighted by Crippen LogP contribution is 2.63. The first-order chi connectivity index (χ1) is 16.3. The van der Waals surface area contributed by atoms with E-state index in [2.05, 4.69) is 33.8 Å². The zero-order valence-electron chi connectivity index (χ0n) is 22.0. The topological polar surface area (TPSA) is 43.4 Å². The number of ketones is 1. The Kier molecular flexibility index (Phi) is 6.61. The standard InChI is InChI=1S/C31H46O3/c1-5-6-14-31(15-8-7-9-16-31)29(33)34-26-13-12-25-28-20(2)17-22-18-23(32)10-11-24(22)27(28)21(3)19-30(25,26)4/h12,18,20-21,24,26-28H,5-11,13-17,19H2,1-4H3/t20-,21+,24+,26+,27-,28+,30+/m1/s1. The van der Waals surface area contributed by atoms with Gasteiger partial charge in [0.1, 0.15) is 6.10 Å². The van der Waals surface area contributed by atoms with Crippen LogP contribution in [0.15, 0.2) is 23.3 Å². The van der Waals surface area contributed by atoms with E-state index in [-0.39, 0.29) is 22.9 Å². The van der Waals surface area contributed by atoms with Crippen LogP contribution in [0.3, 0.4) is 0 Å². The highest BCUT2D eigenvalue weighted by Gasteiger charge is 2.58. The minimum atomic E-state index is -0.233. The molecular weight excluding hydrogens is 420 g/mol. The van der Waals surface area contributed by atoms with Crippen molar-refractivity contribution in [2.75, 3.05) is 0 Å². The van der Waals surface area contributed by atoms with Gasteiger partial charge in [0.2, 0.25) is 0 Å². The maximum absolute atomic E-state index is 13.8. The maximum Gasteiger partial charge on any atom is 0.312 e. The summed E-state index contributed by atoms with van der Waals surface area (Å²) in [5.74, 6) is 3.35. The number of rotatable bonds is 5. The van der Waals surface area contributed by atoms with E-state index in [1.54, 1.807) is 5.57 Å². The number of hydrogen-bond donors (Lipinski definition) is 0. The monoisotopic (exact) mass is 466 g/mol. The Morgan fingerprint density at radius 1 is 1.15 bits per heavy atom. The predicted octanol–water partition coefficient (Wildman–Crippen LogP) is 7.59. The molecule has 0 radical (unpaired) electrons. The van der Waals surface area contributed by atoms with Gasteiger partial charge >= 0.3 is 5.97 Å². The number of hydrogen-bond acceptors (Lipinski definition) is 3. The zero-order chi connectivity index (χ0) is 24.1. The van der Waals surface area contributed by atoms with Crippen LogP contribution < -0.4 is 0 Å². The maximum atomic E-state index is 13.8. The van der Waals surface area contributed by atoms with Gasteiger partial charge in [-0.1, -0.05) is 77.0 Å². The van der Waals surface area contributed by atoms with Crippen molar-refractivity contribution >= 4 is 11.8 Å². The lowest BCUT2D eigenvalue weighted by atomic mass is 9.49. The fourth-order valence-corrected chi connectivity index (χ4v) is 9.13. The summed E-state index contributed by atoms with van der Waals surface area (Å²) in [5, 5.41) is 0. The summed E-state index contributed by atoms with van der Waals surface area (Å²) in [7, 11) is 0.